The van der Waals surface area contributed by atoms with Gasteiger partial charge in [-0.25, -0.2) is 0 Å². The quantitative estimate of drug-likeness (QED) is 0.587. The molecule has 0 aliphatic heterocycles. The summed E-state index contributed by atoms with van der Waals surface area (Å²) < 4.78 is 4.94. The summed E-state index contributed by atoms with van der Waals surface area (Å²) in [5.74, 6) is 2.34. The molecular formula is C8H18OS. The highest BCUT2D eigenvalue weighted by atomic mass is 32.2. The molecule has 0 rings (SSSR count). The Morgan fingerprint density at radius 1 is 1.30 bits per heavy atom. The van der Waals surface area contributed by atoms with Crippen LogP contribution in [-0.4, -0.2) is 25.2 Å². The molecule has 10 heavy (non-hydrogen) atoms. The minimum Gasteiger partial charge on any atom is -0.384 e. The SMILES string of the molecule is COCCSCC(C)(C)C. The van der Waals surface area contributed by atoms with Crippen molar-refractivity contribution in [3.63, 3.8) is 0 Å². The number of rotatable bonds is 4. The summed E-state index contributed by atoms with van der Waals surface area (Å²) in [6.07, 6.45) is 0. The molecule has 0 N–H and O–H groups in total. The maximum atomic E-state index is 4.94. The topological polar surface area (TPSA) is 9.23 Å². The van der Waals surface area contributed by atoms with Crippen LogP contribution < -0.4 is 0 Å². The van der Waals surface area contributed by atoms with E-state index in [1.54, 1.807) is 7.11 Å². The van der Waals surface area contributed by atoms with Crippen molar-refractivity contribution >= 4 is 11.8 Å². The molecule has 0 radical (unpaired) electrons. The fourth-order valence-corrected chi connectivity index (χ4v) is 1.56. The monoisotopic (exact) mass is 162 g/mol. The van der Waals surface area contributed by atoms with E-state index in [9.17, 15) is 0 Å². The molecule has 0 heterocycles. The smallest absolute Gasteiger partial charge is 0.0552 e. The van der Waals surface area contributed by atoms with E-state index in [2.05, 4.69) is 20.8 Å². The first-order valence-corrected chi connectivity index (χ1v) is 4.78. The van der Waals surface area contributed by atoms with Crippen LogP contribution in [0.2, 0.25) is 0 Å². The minimum absolute atomic E-state index is 0.457. The summed E-state index contributed by atoms with van der Waals surface area (Å²) in [6, 6.07) is 0. The van der Waals surface area contributed by atoms with Gasteiger partial charge in [0, 0.05) is 12.9 Å². The van der Waals surface area contributed by atoms with Gasteiger partial charge in [0.1, 0.15) is 0 Å². The Hall–Kier alpha value is 0.310. The van der Waals surface area contributed by atoms with Crippen LogP contribution in [0, 0.1) is 5.41 Å². The number of ether oxygens (including phenoxy) is 1. The lowest BCUT2D eigenvalue weighted by Gasteiger charge is -2.16. The van der Waals surface area contributed by atoms with Crippen molar-refractivity contribution in [1.82, 2.24) is 0 Å². The maximum Gasteiger partial charge on any atom is 0.0552 e. The summed E-state index contributed by atoms with van der Waals surface area (Å²) in [7, 11) is 1.75. The molecule has 0 amide bonds. The third-order valence-electron chi connectivity index (χ3n) is 0.967. The second-order valence-corrected chi connectivity index (χ2v) is 4.71. The Morgan fingerprint density at radius 3 is 2.30 bits per heavy atom. The molecule has 0 aliphatic carbocycles. The number of hydrogen-bond donors (Lipinski definition) is 0. The fraction of sp³-hybridized carbons (Fsp3) is 1.00. The van der Waals surface area contributed by atoms with Crippen LogP contribution in [0.15, 0.2) is 0 Å². The largest absolute Gasteiger partial charge is 0.384 e. The van der Waals surface area contributed by atoms with E-state index in [4.69, 9.17) is 4.74 Å². The van der Waals surface area contributed by atoms with Gasteiger partial charge in [-0.2, -0.15) is 11.8 Å². The van der Waals surface area contributed by atoms with Crippen LogP contribution in [0.5, 0.6) is 0 Å². The molecule has 0 spiro atoms. The molecule has 0 saturated carbocycles. The molecule has 0 atom stereocenters. The van der Waals surface area contributed by atoms with Gasteiger partial charge in [0.2, 0.25) is 0 Å². The molecule has 0 aliphatic rings. The van der Waals surface area contributed by atoms with Gasteiger partial charge in [0.15, 0.2) is 0 Å². The third-order valence-corrected chi connectivity index (χ3v) is 2.49. The summed E-state index contributed by atoms with van der Waals surface area (Å²) in [4.78, 5) is 0. The molecule has 0 bridgehead atoms. The Bertz CT molecular complexity index is 75.8. The fourth-order valence-electron chi connectivity index (χ4n) is 0.521. The zero-order chi connectivity index (χ0) is 8.04. The number of thioether (sulfide) groups is 1. The van der Waals surface area contributed by atoms with Crippen LogP contribution in [0.25, 0.3) is 0 Å². The highest BCUT2D eigenvalue weighted by Gasteiger charge is 2.08. The molecular weight excluding hydrogens is 144 g/mol. The first kappa shape index (κ1) is 10.3. The molecule has 0 aromatic carbocycles. The van der Waals surface area contributed by atoms with Crippen LogP contribution >= 0.6 is 11.8 Å². The third kappa shape index (κ3) is 8.31. The van der Waals surface area contributed by atoms with E-state index in [0.29, 0.717) is 5.41 Å². The zero-order valence-electron chi connectivity index (χ0n) is 7.44. The lowest BCUT2D eigenvalue weighted by atomic mass is 10.0. The summed E-state index contributed by atoms with van der Waals surface area (Å²) >= 11 is 1.96. The second-order valence-electron chi connectivity index (χ2n) is 3.61. The summed E-state index contributed by atoms with van der Waals surface area (Å²) in [6.45, 7) is 7.65. The van der Waals surface area contributed by atoms with Crippen LogP contribution in [-0.2, 0) is 4.74 Å². The Labute approximate surface area is 68.5 Å². The van der Waals surface area contributed by atoms with E-state index in [1.807, 2.05) is 11.8 Å². The van der Waals surface area contributed by atoms with Gasteiger partial charge < -0.3 is 4.74 Å². The Kier molecular flexibility index (Phi) is 5.18. The van der Waals surface area contributed by atoms with Crippen molar-refractivity contribution in [3.05, 3.63) is 0 Å². The zero-order valence-corrected chi connectivity index (χ0v) is 8.25. The van der Waals surface area contributed by atoms with Gasteiger partial charge in [0.25, 0.3) is 0 Å². The van der Waals surface area contributed by atoms with Gasteiger partial charge in [-0.1, -0.05) is 20.8 Å². The second kappa shape index (κ2) is 5.03. The molecule has 0 unspecified atom stereocenters. The minimum atomic E-state index is 0.457. The molecule has 1 nitrogen and oxygen atoms in total. The van der Waals surface area contributed by atoms with E-state index in [-0.39, 0.29) is 0 Å². The highest BCUT2D eigenvalue weighted by Crippen LogP contribution is 2.19. The molecule has 0 saturated heterocycles. The van der Waals surface area contributed by atoms with E-state index >= 15 is 0 Å². The van der Waals surface area contributed by atoms with Crippen molar-refractivity contribution < 1.29 is 4.74 Å². The van der Waals surface area contributed by atoms with Gasteiger partial charge >= 0.3 is 0 Å². The molecule has 0 fully saturated rings. The van der Waals surface area contributed by atoms with Crippen molar-refractivity contribution in [2.24, 2.45) is 5.41 Å². The van der Waals surface area contributed by atoms with Crippen molar-refractivity contribution in [2.75, 3.05) is 25.2 Å². The predicted octanol–water partition coefficient (Wildman–Crippen LogP) is 2.41. The van der Waals surface area contributed by atoms with Gasteiger partial charge in [-0.15, -0.1) is 0 Å². The van der Waals surface area contributed by atoms with E-state index in [1.165, 1.54) is 5.75 Å². The lowest BCUT2D eigenvalue weighted by molar-refractivity contribution is 0.218. The van der Waals surface area contributed by atoms with Gasteiger partial charge in [-0.3, -0.25) is 0 Å². The molecule has 0 aromatic heterocycles. The molecule has 2 heteroatoms. The van der Waals surface area contributed by atoms with Crippen molar-refractivity contribution in [2.45, 2.75) is 20.8 Å². The van der Waals surface area contributed by atoms with Gasteiger partial charge in [-0.05, 0) is 11.2 Å². The normalized spacial score (nSPS) is 12.0. The van der Waals surface area contributed by atoms with Gasteiger partial charge in [0.05, 0.1) is 6.61 Å². The Morgan fingerprint density at radius 2 is 1.90 bits per heavy atom. The molecule has 62 valence electrons. The lowest BCUT2D eigenvalue weighted by Crippen LogP contribution is -2.09. The first-order chi connectivity index (χ1) is 4.56. The average molecular weight is 162 g/mol. The maximum absolute atomic E-state index is 4.94. The number of methoxy groups -OCH3 is 1. The predicted molar refractivity (Wildman–Crippen MR) is 48.7 cm³/mol. The highest BCUT2D eigenvalue weighted by molar-refractivity contribution is 7.99. The van der Waals surface area contributed by atoms with Crippen molar-refractivity contribution in [3.8, 4) is 0 Å². The van der Waals surface area contributed by atoms with Crippen LogP contribution in [0.4, 0.5) is 0 Å². The average Bonchev–Trinajstić information content (AvgIpc) is 1.78. The summed E-state index contributed by atoms with van der Waals surface area (Å²) in [5.41, 5.74) is 0.457. The molecule has 0 aromatic rings. The first-order valence-electron chi connectivity index (χ1n) is 3.63. The van der Waals surface area contributed by atoms with Crippen molar-refractivity contribution in [1.29, 1.82) is 0 Å². The standard InChI is InChI=1S/C8H18OS/c1-8(2,3)7-10-6-5-9-4/h5-7H2,1-4H3. The van der Waals surface area contributed by atoms with E-state index < -0.39 is 0 Å². The summed E-state index contributed by atoms with van der Waals surface area (Å²) in [5, 5.41) is 0. The number of hydrogen-bond acceptors (Lipinski definition) is 2. The van der Waals surface area contributed by atoms with E-state index in [0.717, 1.165) is 12.4 Å². The Balaban J connectivity index is 3.04. The van der Waals surface area contributed by atoms with Crippen LogP contribution in [0.3, 0.4) is 0 Å². The van der Waals surface area contributed by atoms with Crippen LogP contribution in [0.1, 0.15) is 20.8 Å².